The van der Waals surface area contributed by atoms with Crippen LogP contribution in [0.1, 0.15) is 120 Å². The van der Waals surface area contributed by atoms with Crippen LogP contribution in [0, 0.1) is 20.8 Å². The minimum atomic E-state index is 0.0542. The smallest absolute Gasteiger partial charge is 0.00737 e. The molecule has 4 rings (SSSR count). The predicted molar refractivity (Wildman–Crippen MR) is 155 cm³/mol. The number of aryl methyl sites for hydroxylation is 2. The number of rotatable bonds is 0. The van der Waals surface area contributed by atoms with Crippen LogP contribution < -0.4 is 0 Å². The van der Waals surface area contributed by atoms with Crippen LogP contribution in [0.25, 0.3) is 22.3 Å². The van der Waals surface area contributed by atoms with Crippen LogP contribution in [0.5, 0.6) is 0 Å². The van der Waals surface area contributed by atoms with Crippen molar-refractivity contribution in [1.82, 2.24) is 0 Å². The Labute approximate surface area is 215 Å². The fourth-order valence-corrected chi connectivity index (χ4v) is 6.17. The van der Waals surface area contributed by atoms with Crippen LogP contribution in [0.15, 0.2) is 36.4 Å². The molecule has 1 atom stereocenters. The average Bonchev–Trinajstić information content (AvgIpc) is 2.70. The van der Waals surface area contributed by atoms with E-state index in [1.54, 1.807) is 0 Å². The highest BCUT2D eigenvalue weighted by atomic mass is 14.4. The molecule has 0 aliphatic heterocycles. The molecule has 0 fully saturated rings. The molecule has 0 N–H and O–H groups in total. The zero-order valence-corrected chi connectivity index (χ0v) is 24.5. The Hall–Kier alpha value is -2.34. The van der Waals surface area contributed by atoms with Crippen LogP contribution in [0.3, 0.4) is 0 Å². The fraction of sp³-hybridized carbons (Fsp3) is 0.486. The van der Waals surface area contributed by atoms with Gasteiger partial charge in [0.2, 0.25) is 0 Å². The summed E-state index contributed by atoms with van der Waals surface area (Å²) in [6, 6.07) is 14.7. The second-order valence-electron chi connectivity index (χ2n) is 14.2. The van der Waals surface area contributed by atoms with Crippen molar-refractivity contribution in [3.05, 3.63) is 80.9 Å². The van der Waals surface area contributed by atoms with Crippen LogP contribution in [0.2, 0.25) is 0 Å². The molecule has 0 heterocycles. The summed E-state index contributed by atoms with van der Waals surface area (Å²) in [5.41, 5.74) is 17.5. The van der Waals surface area contributed by atoms with E-state index < -0.39 is 0 Å². The first-order chi connectivity index (χ1) is 15.9. The molecule has 1 aliphatic rings. The van der Waals surface area contributed by atoms with E-state index in [0.717, 1.165) is 0 Å². The molecule has 0 spiro atoms. The minimum absolute atomic E-state index is 0.0542. The van der Waals surface area contributed by atoms with Crippen molar-refractivity contribution >= 4 is 0 Å². The molecule has 35 heavy (non-hydrogen) atoms. The largest absolute Gasteiger partial charge is 0.0573 e. The molecule has 0 aromatic heterocycles. The molecule has 0 nitrogen and oxygen atoms in total. The van der Waals surface area contributed by atoms with E-state index in [1.165, 1.54) is 66.8 Å². The first kappa shape index (κ1) is 25.7. The van der Waals surface area contributed by atoms with Crippen molar-refractivity contribution in [2.24, 2.45) is 0 Å². The standard InChI is InChI=1S/C35H46/c1-20-16-25-22(3)26-17-21(2)19-29(35(11,12)13)32(26)30-23(4)24(14-15-27(30)33(5,6)7)31(25)28(18-20)34(8,9)10/h14-19,22H,1-13H3. The van der Waals surface area contributed by atoms with E-state index in [2.05, 4.69) is 126 Å². The van der Waals surface area contributed by atoms with Gasteiger partial charge in [-0.25, -0.2) is 0 Å². The lowest BCUT2D eigenvalue weighted by Gasteiger charge is -2.37. The van der Waals surface area contributed by atoms with Crippen molar-refractivity contribution in [2.45, 2.75) is 112 Å². The van der Waals surface area contributed by atoms with E-state index in [1.807, 2.05) is 0 Å². The second kappa shape index (κ2) is 8.09. The summed E-state index contributed by atoms with van der Waals surface area (Å²) in [6.07, 6.45) is 0. The Bertz CT molecular complexity index is 1310. The Morgan fingerprint density at radius 2 is 0.943 bits per heavy atom. The maximum Gasteiger partial charge on any atom is 0.00737 e. The molecule has 0 radical (unpaired) electrons. The summed E-state index contributed by atoms with van der Waals surface area (Å²) in [6.45, 7) is 30.6. The maximum absolute atomic E-state index is 2.47. The van der Waals surface area contributed by atoms with Crippen molar-refractivity contribution in [3.63, 3.8) is 0 Å². The topological polar surface area (TPSA) is 0 Å². The van der Waals surface area contributed by atoms with Gasteiger partial charge in [0.25, 0.3) is 0 Å². The van der Waals surface area contributed by atoms with Crippen molar-refractivity contribution in [2.75, 3.05) is 0 Å². The first-order valence-electron chi connectivity index (χ1n) is 13.4. The third-order valence-corrected chi connectivity index (χ3v) is 7.97. The third-order valence-electron chi connectivity index (χ3n) is 7.97. The lowest BCUT2D eigenvalue weighted by Crippen LogP contribution is -2.22. The molecule has 0 saturated carbocycles. The van der Waals surface area contributed by atoms with E-state index in [-0.39, 0.29) is 16.2 Å². The molecule has 3 aromatic carbocycles. The molecule has 2 bridgehead atoms. The summed E-state index contributed by atoms with van der Waals surface area (Å²) in [5.74, 6) is 0.313. The molecule has 0 amide bonds. The van der Waals surface area contributed by atoms with Crippen LogP contribution in [-0.2, 0) is 16.2 Å². The lowest BCUT2D eigenvalue weighted by molar-refractivity contribution is 0.582. The molecule has 186 valence electrons. The van der Waals surface area contributed by atoms with Gasteiger partial charge in [0, 0.05) is 5.92 Å². The molecular formula is C35H46. The average molecular weight is 467 g/mol. The van der Waals surface area contributed by atoms with Gasteiger partial charge < -0.3 is 0 Å². The fourth-order valence-electron chi connectivity index (χ4n) is 6.17. The summed E-state index contributed by atoms with van der Waals surface area (Å²) in [4.78, 5) is 0. The van der Waals surface area contributed by atoms with Crippen LogP contribution >= 0.6 is 0 Å². The van der Waals surface area contributed by atoms with Gasteiger partial charge in [0.1, 0.15) is 0 Å². The highest BCUT2D eigenvalue weighted by Crippen LogP contribution is 2.52. The second-order valence-corrected chi connectivity index (χ2v) is 14.2. The van der Waals surface area contributed by atoms with Gasteiger partial charge in [-0.1, -0.05) is 117 Å². The SMILES string of the molecule is Cc1cc2c(c(C(C)(C)C)c1)-c1ccc(C(C)(C)C)c(c1C)-c1c(cc(C)cc1C(C)(C)C)C2C. The monoisotopic (exact) mass is 466 g/mol. The molecule has 1 unspecified atom stereocenters. The Morgan fingerprint density at radius 1 is 0.514 bits per heavy atom. The minimum Gasteiger partial charge on any atom is -0.0573 e. The lowest BCUT2D eigenvalue weighted by atomic mass is 9.67. The van der Waals surface area contributed by atoms with Gasteiger partial charge in [-0.15, -0.1) is 0 Å². The summed E-state index contributed by atoms with van der Waals surface area (Å²) in [5, 5.41) is 0. The Balaban J connectivity index is 2.33. The van der Waals surface area contributed by atoms with Gasteiger partial charge in [-0.3, -0.25) is 0 Å². The Morgan fingerprint density at radius 3 is 1.40 bits per heavy atom. The quantitative estimate of drug-likeness (QED) is 0.309. The van der Waals surface area contributed by atoms with E-state index in [0.29, 0.717) is 5.92 Å². The Kier molecular flexibility index (Phi) is 5.95. The summed E-state index contributed by atoms with van der Waals surface area (Å²) < 4.78 is 0. The normalized spacial score (nSPS) is 15.9. The maximum atomic E-state index is 2.47. The van der Waals surface area contributed by atoms with Gasteiger partial charge in [0.05, 0.1) is 0 Å². The van der Waals surface area contributed by atoms with Gasteiger partial charge >= 0.3 is 0 Å². The van der Waals surface area contributed by atoms with Crippen molar-refractivity contribution in [1.29, 1.82) is 0 Å². The highest BCUT2D eigenvalue weighted by Gasteiger charge is 2.34. The predicted octanol–water partition coefficient (Wildman–Crippen LogP) is 10.3. The summed E-state index contributed by atoms with van der Waals surface area (Å²) in [7, 11) is 0. The zero-order chi connectivity index (χ0) is 26.2. The van der Waals surface area contributed by atoms with Crippen molar-refractivity contribution in [3.8, 4) is 22.3 Å². The first-order valence-corrected chi connectivity index (χ1v) is 13.4. The van der Waals surface area contributed by atoms with E-state index in [4.69, 9.17) is 0 Å². The molecule has 0 heteroatoms. The molecule has 3 aromatic rings. The van der Waals surface area contributed by atoms with Crippen LogP contribution in [-0.4, -0.2) is 0 Å². The van der Waals surface area contributed by atoms with Gasteiger partial charge in [0.15, 0.2) is 0 Å². The summed E-state index contributed by atoms with van der Waals surface area (Å²) >= 11 is 0. The molecular weight excluding hydrogens is 420 g/mol. The van der Waals surface area contributed by atoms with E-state index in [9.17, 15) is 0 Å². The van der Waals surface area contributed by atoms with E-state index >= 15 is 0 Å². The highest BCUT2D eigenvalue weighted by molar-refractivity contribution is 5.90. The zero-order valence-electron chi connectivity index (χ0n) is 24.5. The van der Waals surface area contributed by atoms with Crippen molar-refractivity contribution < 1.29 is 0 Å². The third kappa shape index (κ3) is 4.28. The van der Waals surface area contributed by atoms with Gasteiger partial charge in [-0.05, 0) is 92.7 Å². The molecule has 0 saturated heterocycles. The van der Waals surface area contributed by atoms with Gasteiger partial charge in [-0.2, -0.15) is 0 Å². The number of hydrogen-bond donors (Lipinski definition) is 0. The number of hydrogen-bond acceptors (Lipinski definition) is 0. The van der Waals surface area contributed by atoms with Crippen LogP contribution in [0.4, 0.5) is 0 Å². The molecule has 1 aliphatic carbocycles. The number of benzene rings is 3. The number of fused-ring (bicyclic) bond motifs is 6.